The predicted molar refractivity (Wildman–Crippen MR) is 98.9 cm³/mol. The Labute approximate surface area is 150 Å². The topological polar surface area (TPSA) is 102 Å². The fourth-order valence-corrected chi connectivity index (χ4v) is 2.48. The maximum absolute atomic E-state index is 11.9. The number of nitrogens with one attached hydrogen (secondary N) is 2. The number of hydrogen-bond acceptors (Lipinski definition) is 4. The molecule has 132 valence electrons. The quantitative estimate of drug-likeness (QED) is 0.604. The van der Waals surface area contributed by atoms with Crippen molar-refractivity contribution >= 4 is 17.5 Å². The molecule has 0 atom stereocenters. The normalized spacial score (nSPS) is 10.3. The highest BCUT2D eigenvalue weighted by atomic mass is 16.2. The minimum absolute atomic E-state index is 0.180. The van der Waals surface area contributed by atoms with Crippen LogP contribution in [0.4, 0.5) is 5.69 Å². The van der Waals surface area contributed by atoms with E-state index in [1.807, 2.05) is 41.1 Å². The van der Waals surface area contributed by atoms with E-state index >= 15 is 0 Å². The van der Waals surface area contributed by atoms with Gasteiger partial charge in [0.1, 0.15) is 5.82 Å². The number of para-hydroxylation sites is 1. The molecule has 3 aromatic rings. The molecular formula is C19H19N5O2. The fraction of sp³-hybridized carbons (Fsp3) is 0.105. The van der Waals surface area contributed by atoms with Crippen LogP contribution in [0.15, 0.2) is 67.0 Å². The van der Waals surface area contributed by atoms with E-state index in [2.05, 4.69) is 15.6 Å². The Morgan fingerprint density at radius 2 is 1.77 bits per heavy atom. The number of anilines is 1. The predicted octanol–water partition coefficient (Wildman–Crippen LogP) is 1.70. The van der Waals surface area contributed by atoms with Gasteiger partial charge >= 0.3 is 0 Å². The third kappa shape index (κ3) is 4.27. The average molecular weight is 349 g/mol. The van der Waals surface area contributed by atoms with Gasteiger partial charge in [-0.25, -0.2) is 4.98 Å². The third-order valence-corrected chi connectivity index (χ3v) is 3.77. The van der Waals surface area contributed by atoms with Crippen molar-refractivity contribution in [2.45, 2.75) is 6.54 Å². The molecule has 0 aliphatic heterocycles. The molecule has 1 heterocycles. The molecule has 0 unspecified atom stereocenters. The molecule has 7 heteroatoms. The van der Waals surface area contributed by atoms with Gasteiger partial charge in [0.05, 0.1) is 13.1 Å². The van der Waals surface area contributed by atoms with Gasteiger partial charge in [0.25, 0.3) is 5.91 Å². The van der Waals surface area contributed by atoms with Crippen LogP contribution in [0.3, 0.4) is 0 Å². The minimum Gasteiger partial charge on any atom is -0.378 e. The Hall–Kier alpha value is -3.61. The number of carbonyl (C=O) groups excluding carboxylic acids is 2. The highest BCUT2D eigenvalue weighted by molar-refractivity contribution is 5.96. The smallest absolute Gasteiger partial charge is 0.251 e. The number of carbonyl (C=O) groups is 2. The van der Waals surface area contributed by atoms with Crippen LogP contribution in [0.2, 0.25) is 0 Å². The first-order chi connectivity index (χ1) is 12.6. The number of amides is 2. The van der Waals surface area contributed by atoms with Gasteiger partial charge in [-0.05, 0) is 36.4 Å². The van der Waals surface area contributed by atoms with Gasteiger partial charge in [-0.2, -0.15) is 0 Å². The van der Waals surface area contributed by atoms with Gasteiger partial charge in [-0.3, -0.25) is 9.59 Å². The monoisotopic (exact) mass is 349 g/mol. The van der Waals surface area contributed by atoms with E-state index in [0.29, 0.717) is 12.1 Å². The van der Waals surface area contributed by atoms with Crippen molar-refractivity contribution in [2.75, 3.05) is 11.9 Å². The van der Waals surface area contributed by atoms with Crippen LogP contribution in [-0.4, -0.2) is 27.9 Å². The third-order valence-electron chi connectivity index (χ3n) is 3.77. The Bertz CT molecular complexity index is 888. The van der Waals surface area contributed by atoms with Crippen molar-refractivity contribution < 1.29 is 9.59 Å². The summed E-state index contributed by atoms with van der Waals surface area (Å²) in [6.07, 6.45) is 3.68. The van der Waals surface area contributed by atoms with Crippen LogP contribution < -0.4 is 16.4 Å². The minimum atomic E-state index is -0.578. The molecule has 0 fully saturated rings. The number of aromatic nitrogens is 2. The molecule has 0 bridgehead atoms. The second kappa shape index (κ2) is 7.98. The zero-order valence-corrected chi connectivity index (χ0v) is 14.1. The van der Waals surface area contributed by atoms with Gasteiger partial charge in [-0.1, -0.05) is 18.2 Å². The maximum atomic E-state index is 11.9. The molecule has 2 amide bonds. The Morgan fingerprint density at radius 1 is 1.04 bits per heavy atom. The summed E-state index contributed by atoms with van der Waals surface area (Å²) in [7, 11) is 0. The average Bonchev–Trinajstić information content (AvgIpc) is 3.14. The first-order valence-corrected chi connectivity index (χ1v) is 8.11. The lowest BCUT2D eigenvalue weighted by Gasteiger charge is -2.10. The lowest BCUT2D eigenvalue weighted by Crippen LogP contribution is -2.33. The second-order valence-electron chi connectivity index (χ2n) is 5.63. The summed E-state index contributed by atoms with van der Waals surface area (Å²) in [5, 5.41) is 5.74. The molecule has 3 rings (SSSR count). The summed E-state index contributed by atoms with van der Waals surface area (Å²) in [6.45, 7) is 0.357. The highest BCUT2D eigenvalue weighted by Crippen LogP contribution is 2.14. The van der Waals surface area contributed by atoms with Crippen LogP contribution in [0.5, 0.6) is 0 Å². The van der Waals surface area contributed by atoms with E-state index in [1.54, 1.807) is 30.5 Å². The number of benzene rings is 2. The molecule has 7 nitrogen and oxygen atoms in total. The van der Waals surface area contributed by atoms with Crippen molar-refractivity contribution in [1.82, 2.24) is 14.9 Å². The molecule has 4 N–H and O–H groups in total. The molecule has 0 aliphatic rings. The van der Waals surface area contributed by atoms with E-state index in [0.717, 1.165) is 17.2 Å². The Balaban J connectivity index is 1.62. The number of primary amides is 1. The molecule has 0 radical (unpaired) electrons. The van der Waals surface area contributed by atoms with Crippen molar-refractivity contribution in [3.05, 3.63) is 78.4 Å². The van der Waals surface area contributed by atoms with Gasteiger partial charge in [0.2, 0.25) is 5.91 Å². The first-order valence-electron chi connectivity index (χ1n) is 8.11. The van der Waals surface area contributed by atoms with E-state index in [4.69, 9.17) is 5.73 Å². The first kappa shape index (κ1) is 17.2. The number of imidazole rings is 1. The van der Waals surface area contributed by atoms with Crippen LogP contribution in [-0.2, 0) is 11.3 Å². The van der Waals surface area contributed by atoms with E-state index in [9.17, 15) is 9.59 Å². The van der Waals surface area contributed by atoms with Crippen LogP contribution in [0, 0.1) is 0 Å². The SMILES string of the molecule is NC(=O)CNC(=O)c1ccc(NCc2nccn2-c2ccccc2)cc1. The largest absolute Gasteiger partial charge is 0.378 e. The fourth-order valence-electron chi connectivity index (χ4n) is 2.48. The van der Waals surface area contributed by atoms with E-state index in [1.165, 1.54) is 0 Å². The number of hydrogen-bond donors (Lipinski definition) is 3. The summed E-state index contributed by atoms with van der Waals surface area (Å²) >= 11 is 0. The van der Waals surface area contributed by atoms with Gasteiger partial charge in [0.15, 0.2) is 0 Å². The summed E-state index contributed by atoms with van der Waals surface area (Å²) in [5.41, 5.74) is 7.38. The standard InChI is InChI=1S/C19H19N5O2/c20-17(25)12-23-19(26)14-6-8-15(9-7-14)22-13-18-21-10-11-24(18)16-4-2-1-3-5-16/h1-11,22H,12-13H2,(H2,20,25)(H,23,26). The van der Waals surface area contributed by atoms with Crippen molar-refractivity contribution in [2.24, 2.45) is 5.73 Å². The summed E-state index contributed by atoms with van der Waals surface area (Å²) < 4.78 is 2.01. The van der Waals surface area contributed by atoms with Crippen molar-refractivity contribution in [3.63, 3.8) is 0 Å². The maximum Gasteiger partial charge on any atom is 0.251 e. The lowest BCUT2D eigenvalue weighted by molar-refractivity contribution is -0.117. The molecule has 0 saturated heterocycles. The number of nitrogens with zero attached hydrogens (tertiary/aromatic N) is 2. The molecule has 2 aromatic carbocycles. The van der Waals surface area contributed by atoms with Gasteiger partial charge in [0, 0.05) is 29.3 Å². The zero-order valence-electron chi connectivity index (χ0n) is 14.1. The van der Waals surface area contributed by atoms with Crippen LogP contribution >= 0.6 is 0 Å². The van der Waals surface area contributed by atoms with Crippen LogP contribution in [0.25, 0.3) is 5.69 Å². The molecule has 26 heavy (non-hydrogen) atoms. The molecule has 0 aliphatic carbocycles. The molecule has 0 spiro atoms. The van der Waals surface area contributed by atoms with Gasteiger partial charge in [-0.15, -0.1) is 0 Å². The van der Waals surface area contributed by atoms with E-state index in [-0.39, 0.29) is 12.5 Å². The number of nitrogens with two attached hydrogens (primary N) is 1. The highest BCUT2D eigenvalue weighted by Gasteiger charge is 2.07. The summed E-state index contributed by atoms with van der Waals surface area (Å²) in [6, 6.07) is 16.9. The Kier molecular flexibility index (Phi) is 5.28. The van der Waals surface area contributed by atoms with Crippen molar-refractivity contribution in [3.8, 4) is 5.69 Å². The molecule has 1 aromatic heterocycles. The summed E-state index contributed by atoms with van der Waals surface area (Å²) in [5.74, 6) is -0.0417. The van der Waals surface area contributed by atoms with Crippen LogP contribution in [0.1, 0.15) is 16.2 Å². The second-order valence-corrected chi connectivity index (χ2v) is 5.63. The Morgan fingerprint density at radius 3 is 2.46 bits per heavy atom. The molecule has 0 saturated carbocycles. The van der Waals surface area contributed by atoms with Gasteiger partial charge < -0.3 is 20.9 Å². The molecular weight excluding hydrogens is 330 g/mol. The van der Waals surface area contributed by atoms with Crippen molar-refractivity contribution in [1.29, 1.82) is 0 Å². The zero-order chi connectivity index (χ0) is 18.4. The lowest BCUT2D eigenvalue weighted by atomic mass is 10.2. The summed E-state index contributed by atoms with van der Waals surface area (Å²) in [4.78, 5) is 26.9. The van der Waals surface area contributed by atoms with E-state index < -0.39 is 5.91 Å². The number of rotatable bonds is 7.